The second kappa shape index (κ2) is 10.2. The number of benzene rings is 3. The van der Waals surface area contributed by atoms with Crippen LogP contribution in [0.3, 0.4) is 0 Å². The van der Waals surface area contributed by atoms with Crippen molar-refractivity contribution in [2.24, 2.45) is 0 Å². The number of anilines is 1. The molecule has 0 bridgehead atoms. The van der Waals surface area contributed by atoms with Gasteiger partial charge >= 0.3 is 0 Å². The van der Waals surface area contributed by atoms with Gasteiger partial charge in [-0.05, 0) is 41.3 Å². The summed E-state index contributed by atoms with van der Waals surface area (Å²) in [5, 5.41) is 23.7. The summed E-state index contributed by atoms with van der Waals surface area (Å²) in [6.07, 6.45) is 0.913. The Hall–Kier alpha value is -4.22. The SMILES string of the molecule is COc1cc2c(c(N[C@H]3CCOC3)c1)CN(C(=O)c1c(O)cc(C#N)cc1OCc1ccccc1)C2. The van der Waals surface area contributed by atoms with Gasteiger partial charge in [-0.15, -0.1) is 0 Å². The van der Waals surface area contributed by atoms with Crippen molar-refractivity contribution >= 4 is 11.6 Å². The van der Waals surface area contributed by atoms with Gasteiger partial charge in [0.1, 0.15) is 29.4 Å². The minimum Gasteiger partial charge on any atom is -0.507 e. The third-order valence-electron chi connectivity index (χ3n) is 6.50. The van der Waals surface area contributed by atoms with E-state index in [0.29, 0.717) is 25.4 Å². The molecule has 1 saturated heterocycles. The lowest BCUT2D eigenvalue weighted by Gasteiger charge is -2.20. The number of hydrogen-bond acceptors (Lipinski definition) is 7. The molecule has 0 aliphatic carbocycles. The van der Waals surface area contributed by atoms with Crippen molar-refractivity contribution in [1.82, 2.24) is 4.90 Å². The van der Waals surface area contributed by atoms with Gasteiger partial charge in [-0.1, -0.05) is 30.3 Å². The molecule has 36 heavy (non-hydrogen) atoms. The Balaban J connectivity index is 1.43. The van der Waals surface area contributed by atoms with Crippen LogP contribution in [-0.4, -0.2) is 42.3 Å². The fourth-order valence-corrected chi connectivity index (χ4v) is 4.63. The van der Waals surface area contributed by atoms with Gasteiger partial charge in [-0.2, -0.15) is 5.26 Å². The molecule has 3 aromatic carbocycles. The molecule has 2 aliphatic rings. The average Bonchev–Trinajstić information content (AvgIpc) is 3.57. The van der Waals surface area contributed by atoms with E-state index < -0.39 is 0 Å². The van der Waals surface area contributed by atoms with Crippen LogP contribution >= 0.6 is 0 Å². The molecule has 0 aromatic heterocycles. The number of phenolic OH excluding ortho intramolecular Hbond substituents is 1. The fourth-order valence-electron chi connectivity index (χ4n) is 4.63. The minimum absolute atomic E-state index is 0.0448. The summed E-state index contributed by atoms with van der Waals surface area (Å²) in [5.74, 6) is 0.232. The number of fused-ring (bicyclic) bond motifs is 1. The van der Waals surface area contributed by atoms with Gasteiger partial charge in [0.2, 0.25) is 0 Å². The predicted octanol–water partition coefficient (Wildman–Crippen LogP) is 4.21. The molecule has 5 rings (SSSR count). The maximum atomic E-state index is 13.7. The number of nitrogens with zero attached hydrogens (tertiary/aromatic N) is 2. The lowest BCUT2D eigenvalue weighted by atomic mass is 10.1. The van der Waals surface area contributed by atoms with Crippen LogP contribution in [0.2, 0.25) is 0 Å². The molecule has 2 aliphatic heterocycles. The Bertz CT molecular complexity index is 1310. The minimum atomic E-state index is -0.370. The van der Waals surface area contributed by atoms with Crippen LogP contribution in [0.25, 0.3) is 0 Å². The van der Waals surface area contributed by atoms with Gasteiger partial charge in [0.15, 0.2) is 0 Å². The predicted molar refractivity (Wildman–Crippen MR) is 133 cm³/mol. The molecule has 0 radical (unpaired) electrons. The number of methoxy groups -OCH3 is 1. The second-order valence-electron chi connectivity index (χ2n) is 8.93. The molecule has 184 valence electrons. The summed E-state index contributed by atoms with van der Waals surface area (Å²) < 4.78 is 16.9. The molecule has 1 atom stereocenters. The van der Waals surface area contributed by atoms with Gasteiger partial charge in [-0.25, -0.2) is 0 Å². The van der Waals surface area contributed by atoms with Crippen LogP contribution < -0.4 is 14.8 Å². The van der Waals surface area contributed by atoms with Gasteiger partial charge in [-0.3, -0.25) is 4.79 Å². The number of rotatable bonds is 7. The number of carbonyl (C=O) groups excluding carboxylic acids is 1. The number of nitrogens with one attached hydrogen (secondary N) is 1. The lowest BCUT2D eigenvalue weighted by molar-refractivity contribution is 0.0743. The highest BCUT2D eigenvalue weighted by Crippen LogP contribution is 2.38. The standard InChI is InChI=1S/C28H27N3O5/c1-34-22-11-20-14-31(15-23(20)24(12-22)30-21-7-8-35-17-21)28(33)27-25(32)9-19(13-29)10-26(27)36-16-18-5-3-2-4-6-18/h2-6,9-12,21,30,32H,7-8,14-17H2,1H3/t21-/m0/s1. The zero-order valence-corrected chi connectivity index (χ0v) is 20.0. The van der Waals surface area contributed by atoms with E-state index in [4.69, 9.17) is 14.2 Å². The molecule has 0 spiro atoms. The van der Waals surface area contributed by atoms with Crippen molar-refractivity contribution in [1.29, 1.82) is 5.26 Å². The number of nitriles is 1. The van der Waals surface area contributed by atoms with Crippen LogP contribution in [0.1, 0.15) is 39.0 Å². The van der Waals surface area contributed by atoms with Crippen LogP contribution in [0, 0.1) is 11.3 Å². The topological polar surface area (TPSA) is 104 Å². The van der Waals surface area contributed by atoms with E-state index in [1.165, 1.54) is 12.1 Å². The highest BCUT2D eigenvalue weighted by molar-refractivity contribution is 6.00. The Morgan fingerprint density at radius 3 is 2.78 bits per heavy atom. The Morgan fingerprint density at radius 2 is 2.06 bits per heavy atom. The normalized spacial score (nSPS) is 16.3. The Kier molecular flexibility index (Phi) is 6.65. The summed E-state index contributed by atoms with van der Waals surface area (Å²) in [5.41, 5.74) is 4.07. The first kappa shape index (κ1) is 23.5. The van der Waals surface area contributed by atoms with E-state index in [-0.39, 0.29) is 41.2 Å². The number of carbonyl (C=O) groups is 1. The first-order chi connectivity index (χ1) is 17.6. The van der Waals surface area contributed by atoms with Gasteiger partial charge in [0.05, 0.1) is 31.4 Å². The first-order valence-corrected chi connectivity index (χ1v) is 11.8. The molecule has 1 amide bonds. The molecular formula is C28H27N3O5. The lowest BCUT2D eigenvalue weighted by Crippen LogP contribution is -2.26. The Labute approximate surface area is 209 Å². The van der Waals surface area contributed by atoms with E-state index in [2.05, 4.69) is 5.32 Å². The molecule has 0 unspecified atom stereocenters. The fraction of sp³-hybridized carbons (Fsp3) is 0.286. The third kappa shape index (κ3) is 4.79. The van der Waals surface area contributed by atoms with E-state index in [0.717, 1.165) is 35.4 Å². The quantitative estimate of drug-likeness (QED) is 0.517. The smallest absolute Gasteiger partial charge is 0.262 e. The monoisotopic (exact) mass is 485 g/mol. The second-order valence-corrected chi connectivity index (χ2v) is 8.93. The van der Waals surface area contributed by atoms with E-state index >= 15 is 0 Å². The van der Waals surface area contributed by atoms with Crippen molar-refractivity contribution in [3.63, 3.8) is 0 Å². The number of ether oxygens (including phenoxy) is 3. The van der Waals surface area contributed by atoms with Crippen molar-refractivity contribution in [2.75, 3.05) is 25.6 Å². The largest absolute Gasteiger partial charge is 0.507 e. The summed E-state index contributed by atoms with van der Waals surface area (Å²) in [7, 11) is 1.62. The molecule has 8 heteroatoms. The average molecular weight is 486 g/mol. The van der Waals surface area contributed by atoms with E-state index in [9.17, 15) is 15.2 Å². The molecule has 3 aromatic rings. The Morgan fingerprint density at radius 1 is 1.22 bits per heavy atom. The maximum Gasteiger partial charge on any atom is 0.262 e. The highest BCUT2D eigenvalue weighted by atomic mass is 16.5. The molecular weight excluding hydrogens is 458 g/mol. The summed E-state index contributed by atoms with van der Waals surface area (Å²) >= 11 is 0. The summed E-state index contributed by atoms with van der Waals surface area (Å²) in [4.78, 5) is 15.4. The maximum absolute atomic E-state index is 13.7. The number of aromatic hydroxyl groups is 1. The molecule has 2 N–H and O–H groups in total. The van der Waals surface area contributed by atoms with Crippen LogP contribution in [0.4, 0.5) is 5.69 Å². The van der Waals surface area contributed by atoms with Gasteiger partial charge in [0.25, 0.3) is 5.91 Å². The van der Waals surface area contributed by atoms with Crippen LogP contribution in [0.5, 0.6) is 17.2 Å². The van der Waals surface area contributed by atoms with E-state index in [1.807, 2.05) is 48.5 Å². The van der Waals surface area contributed by atoms with Gasteiger partial charge < -0.3 is 29.5 Å². The number of amides is 1. The number of phenols is 1. The van der Waals surface area contributed by atoms with Crippen LogP contribution in [0.15, 0.2) is 54.6 Å². The summed E-state index contributed by atoms with van der Waals surface area (Å²) in [6.45, 7) is 2.28. The number of hydrogen-bond donors (Lipinski definition) is 2. The van der Waals surface area contributed by atoms with Crippen molar-refractivity contribution in [3.8, 4) is 23.3 Å². The third-order valence-corrected chi connectivity index (χ3v) is 6.50. The van der Waals surface area contributed by atoms with Gasteiger partial charge in [0, 0.05) is 31.5 Å². The highest BCUT2D eigenvalue weighted by Gasteiger charge is 2.31. The zero-order valence-electron chi connectivity index (χ0n) is 20.0. The zero-order chi connectivity index (χ0) is 25.1. The molecule has 2 heterocycles. The first-order valence-electron chi connectivity index (χ1n) is 11.8. The van der Waals surface area contributed by atoms with Crippen molar-refractivity contribution in [3.05, 3.63) is 82.4 Å². The van der Waals surface area contributed by atoms with Crippen molar-refractivity contribution < 1.29 is 24.1 Å². The molecule has 0 saturated carbocycles. The van der Waals surface area contributed by atoms with E-state index in [1.54, 1.807) is 12.0 Å². The van der Waals surface area contributed by atoms with Crippen LogP contribution in [-0.2, 0) is 24.4 Å². The molecule has 8 nitrogen and oxygen atoms in total. The molecule has 1 fully saturated rings. The summed E-state index contributed by atoms with van der Waals surface area (Å²) in [6, 6.07) is 18.4. The van der Waals surface area contributed by atoms with Crippen molar-refractivity contribution in [2.45, 2.75) is 32.2 Å².